The summed E-state index contributed by atoms with van der Waals surface area (Å²) in [5, 5.41) is 16.8. The van der Waals surface area contributed by atoms with Crippen molar-refractivity contribution in [2.24, 2.45) is 0 Å². The summed E-state index contributed by atoms with van der Waals surface area (Å²) in [6.07, 6.45) is 0. The topological polar surface area (TPSA) is 63.3 Å². The second kappa shape index (κ2) is 21.2. The van der Waals surface area contributed by atoms with Crippen LogP contribution in [0.15, 0.2) is 340 Å². The summed E-state index contributed by atoms with van der Waals surface area (Å²) in [7, 11) is -2.90. The van der Waals surface area contributed by atoms with Crippen molar-refractivity contribution in [3.63, 3.8) is 0 Å². The maximum absolute atomic E-state index is 5.81. The minimum atomic E-state index is -2.90. The molecule has 96 heavy (non-hydrogen) atoms. The zero-order chi connectivity index (χ0) is 63.0. The summed E-state index contributed by atoms with van der Waals surface area (Å²) in [5.74, 6) is 1.56. The van der Waals surface area contributed by atoms with Crippen LogP contribution in [0.1, 0.15) is 0 Å². The molecule has 0 aliphatic rings. The Kier molecular flexibility index (Phi) is 11.9. The molecule has 0 unspecified atom stereocenters. The van der Waals surface area contributed by atoms with Gasteiger partial charge in [0.25, 0.3) is 0 Å². The number of benzene rings is 14. The molecule has 0 aliphatic heterocycles. The molecule has 0 atom stereocenters. The van der Waals surface area contributed by atoms with Crippen LogP contribution >= 0.6 is 0 Å². The molecule has 0 saturated carbocycles. The Hall–Kier alpha value is -12.7. The standard InChI is InChI=1S/C87H56N8Si/c1-4-24-61(25-5-1)96(62-26-6-2-7-27-62,63-28-8-3-9-29-63)64-49-44-57(45-50-64)85-88-86(90-87(89-85)95-81-43-23-16-36-71(81)72-51-46-60(56-84(72)95)93-79-41-21-14-34-69(79)70-35-15-22-42-80(70)93)94-82-52-47-58(91-75-37-17-10-30-65(75)66-31-11-18-38-76(66)91)54-73(82)74-55-59(48-53-83(74)94)92-77-39-19-12-32-67(77)68-33-13-20-40-78(68)92/h1-56H. The van der Waals surface area contributed by atoms with E-state index in [0.717, 1.165) is 99.3 Å². The van der Waals surface area contributed by atoms with Gasteiger partial charge in [-0.25, -0.2) is 0 Å². The van der Waals surface area contributed by atoms with Crippen molar-refractivity contribution in [2.75, 3.05) is 0 Å². The monoisotopic (exact) mass is 1240 g/mol. The SMILES string of the molecule is c1ccc([Si](c2ccccc2)(c2ccccc2)c2ccc(-c3nc(-n4c5ccc(-n6c7ccccc7c7ccccc76)cc5c5cc(-n6c7ccccc7c7ccccc76)ccc54)nc(-n4c5ccccc5c5ccc(-n6c7ccccc7c7ccccc76)cc54)n3)cc2)cc1. The predicted octanol–water partition coefficient (Wildman–Crippen LogP) is 18.4. The second-order valence-electron chi connectivity index (χ2n) is 25.1. The van der Waals surface area contributed by atoms with E-state index in [0.29, 0.717) is 17.7 Å². The van der Waals surface area contributed by atoms with Gasteiger partial charge >= 0.3 is 0 Å². The smallest absolute Gasteiger partial charge is 0.240 e. The van der Waals surface area contributed by atoms with E-state index in [-0.39, 0.29) is 0 Å². The van der Waals surface area contributed by atoms with E-state index in [9.17, 15) is 0 Å². The van der Waals surface area contributed by atoms with Crippen molar-refractivity contribution in [3.05, 3.63) is 340 Å². The lowest BCUT2D eigenvalue weighted by atomic mass is 10.1. The average molecular weight is 1240 g/mol. The highest BCUT2D eigenvalue weighted by molar-refractivity contribution is 7.19. The summed E-state index contributed by atoms with van der Waals surface area (Å²) >= 11 is 0. The van der Waals surface area contributed by atoms with Crippen LogP contribution in [0, 0.1) is 0 Å². The highest BCUT2D eigenvalue weighted by Crippen LogP contribution is 2.42. The lowest BCUT2D eigenvalue weighted by Crippen LogP contribution is -2.74. The third-order valence-electron chi connectivity index (χ3n) is 20.1. The molecule has 0 N–H and O–H groups in total. The van der Waals surface area contributed by atoms with Gasteiger partial charge in [-0.05, 0) is 112 Å². The number of hydrogen-bond donors (Lipinski definition) is 0. The third kappa shape index (κ3) is 7.92. The van der Waals surface area contributed by atoms with Gasteiger partial charge in [-0.3, -0.25) is 9.13 Å². The van der Waals surface area contributed by atoms with E-state index in [2.05, 4.69) is 363 Å². The Morgan fingerprint density at radius 2 is 0.458 bits per heavy atom. The fourth-order valence-electron chi connectivity index (χ4n) is 16.0. The molecule has 0 spiro atoms. The molecule has 6 heterocycles. The largest absolute Gasteiger partial charge is 0.309 e. The summed E-state index contributed by atoms with van der Waals surface area (Å²) in [4.78, 5) is 17.3. The maximum Gasteiger partial charge on any atom is 0.240 e. The number of para-hydroxylation sites is 7. The molecule has 0 amide bonds. The van der Waals surface area contributed by atoms with Crippen molar-refractivity contribution >= 4 is 138 Å². The maximum atomic E-state index is 5.81. The van der Waals surface area contributed by atoms with Crippen LogP contribution in [0.5, 0.6) is 0 Å². The summed E-state index contributed by atoms with van der Waals surface area (Å²) in [6, 6.07) is 124. The predicted molar refractivity (Wildman–Crippen MR) is 401 cm³/mol. The molecule has 20 aromatic rings. The molecule has 0 fully saturated rings. The first-order chi connectivity index (χ1) is 47.6. The Morgan fingerprint density at radius 3 is 0.823 bits per heavy atom. The van der Waals surface area contributed by atoms with Crippen molar-refractivity contribution in [1.29, 1.82) is 0 Å². The van der Waals surface area contributed by atoms with Crippen molar-refractivity contribution in [1.82, 2.24) is 37.8 Å². The molecule has 0 radical (unpaired) electrons. The first kappa shape index (κ1) is 53.9. The van der Waals surface area contributed by atoms with Gasteiger partial charge < -0.3 is 13.7 Å². The second-order valence-corrected chi connectivity index (χ2v) is 28.9. The van der Waals surface area contributed by atoms with E-state index < -0.39 is 8.07 Å². The van der Waals surface area contributed by atoms with Gasteiger partial charge in [-0.1, -0.05) is 249 Å². The minimum absolute atomic E-state index is 0.499. The van der Waals surface area contributed by atoms with Crippen LogP contribution in [0.25, 0.3) is 149 Å². The summed E-state index contributed by atoms with van der Waals surface area (Å²) in [6.45, 7) is 0. The van der Waals surface area contributed by atoms with Crippen molar-refractivity contribution in [2.45, 2.75) is 0 Å². The molecule has 0 bridgehead atoms. The normalized spacial score (nSPS) is 12.2. The number of hydrogen-bond acceptors (Lipinski definition) is 3. The zero-order valence-corrected chi connectivity index (χ0v) is 52.9. The molecule has 9 heteroatoms. The molecule has 14 aromatic carbocycles. The third-order valence-corrected chi connectivity index (χ3v) is 24.9. The molecule has 20 rings (SSSR count). The van der Waals surface area contributed by atoms with Gasteiger partial charge in [0, 0.05) is 76.5 Å². The van der Waals surface area contributed by atoms with E-state index >= 15 is 0 Å². The molecule has 0 saturated heterocycles. The van der Waals surface area contributed by atoms with Crippen LogP contribution in [0.2, 0.25) is 0 Å². The van der Waals surface area contributed by atoms with Gasteiger partial charge in [0.15, 0.2) is 13.9 Å². The first-order valence-electron chi connectivity index (χ1n) is 32.8. The number of rotatable bonds is 10. The Labute approximate surface area is 552 Å². The van der Waals surface area contributed by atoms with Crippen molar-refractivity contribution in [3.8, 4) is 40.3 Å². The highest BCUT2D eigenvalue weighted by atomic mass is 28.3. The van der Waals surface area contributed by atoms with E-state index in [1.165, 1.54) is 53.1 Å². The van der Waals surface area contributed by atoms with Gasteiger partial charge in [0.1, 0.15) is 0 Å². The van der Waals surface area contributed by atoms with E-state index in [4.69, 9.17) is 15.0 Å². The van der Waals surface area contributed by atoms with Gasteiger partial charge in [0.05, 0.1) is 55.2 Å². The summed E-state index contributed by atoms with van der Waals surface area (Å²) in [5.41, 5.74) is 14.8. The molecule has 448 valence electrons. The highest BCUT2D eigenvalue weighted by Gasteiger charge is 2.41. The summed E-state index contributed by atoms with van der Waals surface area (Å²) < 4.78 is 11.7. The zero-order valence-electron chi connectivity index (χ0n) is 51.9. The fourth-order valence-corrected chi connectivity index (χ4v) is 20.8. The van der Waals surface area contributed by atoms with Crippen LogP contribution in [-0.4, -0.2) is 45.9 Å². The number of fused-ring (bicyclic) bond motifs is 15. The molecular weight excluding hydrogens is 1190 g/mol. The van der Waals surface area contributed by atoms with Crippen LogP contribution < -0.4 is 20.7 Å². The molecule has 8 nitrogen and oxygen atoms in total. The van der Waals surface area contributed by atoms with E-state index in [1.54, 1.807) is 0 Å². The van der Waals surface area contributed by atoms with Gasteiger partial charge in [0.2, 0.25) is 11.9 Å². The number of aromatic nitrogens is 8. The lowest BCUT2D eigenvalue weighted by molar-refractivity contribution is 0.892. The van der Waals surface area contributed by atoms with E-state index in [1.807, 2.05) is 0 Å². The quantitative estimate of drug-likeness (QED) is 0.101. The van der Waals surface area contributed by atoms with Gasteiger partial charge in [-0.2, -0.15) is 15.0 Å². The molecule has 0 aliphatic carbocycles. The number of nitrogens with zero attached hydrogens (tertiary/aromatic N) is 8. The minimum Gasteiger partial charge on any atom is -0.309 e. The molecule has 6 aromatic heterocycles. The van der Waals surface area contributed by atoms with Crippen LogP contribution in [-0.2, 0) is 0 Å². The Morgan fingerprint density at radius 1 is 0.188 bits per heavy atom. The van der Waals surface area contributed by atoms with Gasteiger partial charge in [-0.15, -0.1) is 0 Å². The van der Waals surface area contributed by atoms with Crippen molar-refractivity contribution < 1.29 is 0 Å². The van der Waals surface area contributed by atoms with Crippen LogP contribution in [0.3, 0.4) is 0 Å². The Bertz CT molecular complexity index is 6090. The lowest BCUT2D eigenvalue weighted by Gasteiger charge is -2.34. The first-order valence-corrected chi connectivity index (χ1v) is 34.8. The van der Waals surface area contributed by atoms with Crippen LogP contribution in [0.4, 0.5) is 0 Å². The molecular formula is C87H56N8Si. The fraction of sp³-hybridized carbons (Fsp3) is 0. The Balaban J connectivity index is 0.867. The average Bonchev–Trinajstić information content (AvgIpc) is 1.62.